The Morgan fingerprint density at radius 2 is 1.25 bits per heavy atom. The van der Waals surface area contributed by atoms with E-state index in [1.54, 1.807) is 0 Å². The van der Waals surface area contributed by atoms with Gasteiger partial charge in [-0.05, 0) is 48.1 Å². The summed E-state index contributed by atoms with van der Waals surface area (Å²) in [5.74, 6) is 10.0. The molecular weight excluding hydrogens is 352 g/mol. The molecule has 0 atom stereocenters. The van der Waals surface area contributed by atoms with Gasteiger partial charge in [0.2, 0.25) is 5.91 Å². The first kappa shape index (κ1) is 21.1. The van der Waals surface area contributed by atoms with Crippen LogP contribution < -0.4 is 22.5 Å². The van der Waals surface area contributed by atoms with Gasteiger partial charge >= 0.3 is 0 Å². The van der Waals surface area contributed by atoms with Crippen LogP contribution in [-0.2, 0) is 9.59 Å². The fraction of sp³-hybridized carbons (Fsp3) is 0.182. The number of amides is 2. The number of nitrogens with one attached hydrogen (secondary N) is 2. The van der Waals surface area contributed by atoms with Crippen molar-refractivity contribution in [2.75, 3.05) is 0 Å². The van der Waals surface area contributed by atoms with Gasteiger partial charge in [0.25, 0.3) is 5.91 Å². The summed E-state index contributed by atoms with van der Waals surface area (Å²) in [7, 11) is 0. The Balaban J connectivity index is 2.69. The summed E-state index contributed by atoms with van der Waals surface area (Å²) in [5, 5.41) is 0. The lowest BCUT2D eigenvalue weighted by molar-refractivity contribution is -0.121. The highest BCUT2D eigenvalue weighted by Gasteiger charge is 2.21. The van der Waals surface area contributed by atoms with E-state index >= 15 is 0 Å². The molecule has 2 aromatic rings. The third-order valence-electron chi connectivity index (χ3n) is 4.66. The van der Waals surface area contributed by atoms with E-state index in [2.05, 4.69) is 10.9 Å². The molecule has 0 unspecified atom stereocenters. The quantitative estimate of drug-likeness (QED) is 0.195. The third kappa shape index (κ3) is 5.16. The summed E-state index contributed by atoms with van der Waals surface area (Å²) in [6, 6.07) is 19.3. The van der Waals surface area contributed by atoms with Gasteiger partial charge in [-0.3, -0.25) is 20.4 Å². The first-order valence-corrected chi connectivity index (χ1v) is 9.01. The van der Waals surface area contributed by atoms with Crippen molar-refractivity contribution >= 4 is 23.0 Å². The second-order valence-electron chi connectivity index (χ2n) is 6.38. The molecule has 0 bridgehead atoms. The lowest BCUT2D eigenvalue weighted by atomic mass is 9.87. The van der Waals surface area contributed by atoms with Crippen LogP contribution in [0.25, 0.3) is 11.1 Å². The fourth-order valence-electron chi connectivity index (χ4n) is 3.11. The molecule has 28 heavy (non-hydrogen) atoms. The van der Waals surface area contributed by atoms with Crippen LogP contribution in [0.4, 0.5) is 0 Å². The third-order valence-corrected chi connectivity index (χ3v) is 4.66. The molecule has 2 rings (SSSR count). The molecule has 6 N–H and O–H groups in total. The zero-order valence-corrected chi connectivity index (χ0v) is 16.2. The lowest BCUT2D eigenvalue weighted by Crippen LogP contribution is -2.33. The molecule has 0 fully saturated rings. The topological polar surface area (TPSA) is 110 Å². The van der Waals surface area contributed by atoms with Crippen LogP contribution in [0.15, 0.2) is 71.8 Å². The van der Waals surface area contributed by atoms with Crippen LogP contribution in [-0.4, -0.2) is 11.8 Å². The number of carbonyl (C=O) groups excluding carboxylic acids is 2. The van der Waals surface area contributed by atoms with Gasteiger partial charge in [0.05, 0.1) is 0 Å². The maximum Gasteiger partial charge on any atom is 0.265 e. The molecule has 0 aliphatic carbocycles. The van der Waals surface area contributed by atoms with Crippen LogP contribution in [0.1, 0.15) is 37.8 Å². The van der Waals surface area contributed by atoms with Gasteiger partial charge in [-0.2, -0.15) is 0 Å². The van der Waals surface area contributed by atoms with Crippen LogP contribution in [0, 0.1) is 0 Å². The molecule has 6 heteroatoms. The number of carbonyl (C=O) groups is 2. The zero-order chi connectivity index (χ0) is 20.5. The Labute approximate surface area is 165 Å². The number of nitrogens with two attached hydrogens (primary N) is 2. The fourth-order valence-corrected chi connectivity index (χ4v) is 3.11. The largest absolute Gasteiger partial charge is 0.294 e. The Bertz CT molecular complexity index is 887. The van der Waals surface area contributed by atoms with E-state index < -0.39 is 5.91 Å². The van der Waals surface area contributed by atoms with Crippen molar-refractivity contribution in [2.45, 2.75) is 26.7 Å². The van der Waals surface area contributed by atoms with Crippen molar-refractivity contribution in [2.24, 2.45) is 11.7 Å². The average Bonchev–Trinajstić information content (AvgIpc) is 2.76. The summed E-state index contributed by atoms with van der Waals surface area (Å²) in [4.78, 5) is 24.5. The van der Waals surface area contributed by atoms with Gasteiger partial charge in [-0.15, -0.1) is 0 Å². The molecule has 0 heterocycles. The molecule has 0 aliphatic heterocycles. The van der Waals surface area contributed by atoms with Gasteiger partial charge in [0.15, 0.2) is 0 Å². The SMILES string of the molecule is CC(=C(CCC(=O)NN)C(C(=O)NN)=C(C)c1ccccc1)c1ccccc1. The van der Waals surface area contributed by atoms with Crippen molar-refractivity contribution in [3.8, 4) is 0 Å². The monoisotopic (exact) mass is 378 g/mol. The van der Waals surface area contributed by atoms with Crippen molar-refractivity contribution in [3.05, 3.63) is 82.9 Å². The van der Waals surface area contributed by atoms with Crippen LogP contribution in [0.3, 0.4) is 0 Å². The lowest BCUT2D eigenvalue weighted by Gasteiger charge is -2.18. The minimum Gasteiger partial charge on any atom is -0.294 e. The smallest absolute Gasteiger partial charge is 0.265 e. The van der Waals surface area contributed by atoms with Gasteiger partial charge < -0.3 is 0 Å². The highest BCUT2D eigenvalue weighted by Crippen LogP contribution is 2.32. The Hall–Kier alpha value is -3.22. The van der Waals surface area contributed by atoms with E-state index in [1.807, 2.05) is 74.5 Å². The van der Waals surface area contributed by atoms with E-state index in [-0.39, 0.29) is 12.3 Å². The van der Waals surface area contributed by atoms with Gasteiger partial charge in [0.1, 0.15) is 0 Å². The molecule has 2 amide bonds. The summed E-state index contributed by atoms with van der Waals surface area (Å²) < 4.78 is 0. The Morgan fingerprint density at radius 3 is 1.71 bits per heavy atom. The number of hydrogen-bond donors (Lipinski definition) is 4. The maximum absolute atomic E-state index is 12.8. The van der Waals surface area contributed by atoms with E-state index in [4.69, 9.17) is 11.7 Å². The Kier molecular flexibility index (Phi) is 7.68. The normalized spacial score (nSPS) is 12.6. The molecule has 146 valence electrons. The zero-order valence-electron chi connectivity index (χ0n) is 16.2. The molecule has 0 saturated heterocycles. The van der Waals surface area contributed by atoms with Crippen LogP contribution >= 0.6 is 0 Å². The van der Waals surface area contributed by atoms with E-state index in [0.29, 0.717) is 12.0 Å². The van der Waals surface area contributed by atoms with Gasteiger partial charge in [-0.25, -0.2) is 11.7 Å². The standard InChI is InChI=1S/C22H26N4O2/c1-15(17-9-5-3-6-10-17)19(13-14-20(27)25-23)21(22(28)26-24)16(2)18-11-7-4-8-12-18/h3-12H,13-14,23-24H2,1-2H3,(H,25,27)(H,26,28). The Morgan fingerprint density at radius 1 is 0.750 bits per heavy atom. The van der Waals surface area contributed by atoms with E-state index in [1.165, 1.54) is 0 Å². The van der Waals surface area contributed by atoms with Crippen LogP contribution in [0.2, 0.25) is 0 Å². The predicted octanol–water partition coefficient (Wildman–Crippen LogP) is 2.69. The highest BCUT2D eigenvalue weighted by atomic mass is 16.2. The minimum atomic E-state index is -0.403. The minimum absolute atomic E-state index is 0.152. The molecule has 0 aromatic heterocycles. The second kappa shape index (κ2) is 10.2. The van der Waals surface area contributed by atoms with Crippen molar-refractivity contribution < 1.29 is 9.59 Å². The van der Waals surface area contributed by atoms with Crippen molar-refractivity contribution in [1.29, 1.82) is 0 Å². The van der Waals surface area contributed by atoms with Gasteiger partial charge in [0, 0.05) is 12.0 Å². The molecule has 0 saturated carbocycles. The van der Waals surface area contributed by atoms with Crippen molar-refractivity contribution in [3.63, 3.8) is 0 Å². The molecule has 6 nitrogen and oxygen atoms in total. The highest BCUT2D eigenvalue weighted by molar-refractivity contribution is 6.07. The summed E-state index contributed by atoms with van der Waals surface area (Å²) >= 11 is 0. The summed E-state index contributed by atoms with van der Waals surface area (Å²) in [6.07, 6.45) is 0.496. The molecule has 0 radical (unpaired) electrons. The number of benzene rings is 2. The number of allylic oxidation sites excluding steroid dienone is 2. The summed E-state index contributed by atoms with van der Waals surface area (Å²) in [5.41, 5.74) is 9.15. The maximum atomic E-state index is 12.8. The predicted molar refractivity (Wildman–Crippen MR) is 112 cm³/mol. The second-order valence-corrected chi connectivity index (χ2v) is 6.38. The van der Waals surface area contributed by atoms with Crippen molar-refractivity contribution in [1.82, 2.24) is 10.9 Å². The number of rotatable bonds is 7. The van der Waals surface area contributed by atoms with Crippen LogP contribution in [0.5, 0.6) is 0 Å². The van der Waals surface area contributed by atoms with E-state index in [0.717, 1.165) is 27.8 Å². The first-order valence-electron chi connectivity index (χ1n) is 9.01. The van der Waals surface area contributed by atoms with Gasteiger partial charge in [-0.1, -0.05) is 60.7 Å². The molecule has 0 spiro atoms. The molecule has 0 aliphatic rings. The van der Waals surface area contributed by atoms with E-state index in [9.17, 15) is 9.59 Å². The molecule has 2 aromatic carbocycles. The first-order chi connectivity index (χ1) is 13.5. The number of hydrazine groups is 2. The number of hydrogen-bond acceptors (Lipinski definition) is 4. The summed E-state index contributed by atoms with van der Waals surface area (Å²) in [6.45, 7) is 3.81. The molecular formula is C22H26N4O2. The average molecular weight is 378 g/mol.